The zero-order chi connectivity index (χ0) is 13.2. The van der Waals surface area contributed by atoms with Crippen molar-refractivity contribution in [2.45, 2.75) is 52.2 Å². The number of nitrogens with zero attached hydrogens (tertiary/aromatic N) is 2. The summed E-state index contributed by atoms with van der Waals surface area (Å²) in [6, 6.07) is 0. The molecule has 17 heavy (non-hydrogen) atoms. The van der Waals surface area contributed by atoms with Crippen molar-refractivity contribution >= 4 is 0 Å². The largest absolute Gasteiger partial charge is 0.393 e. The van der Waals surface area contributed by atoms with E-state index in [0.717, 1.165) is 0 Å². The lowest BCUT2D eigenvalue weighted by molar-refractivity contribution is 0.00973. The number of aliphatic hydroxyl groups is 1. The third-order valence-corrected chi connectivity index (χ3v) is 3.01. The average Bonchev–Trinajstić information content (AvgIpc) is 2.66. The molecule has 0 radical (unpaired) electrons. The molecular weight excluding hydrogens is 220 g/mol. The first-order valence-corrected chi connectivity index (χ1v) is 5.87. The van der Waals surface area contributed by atoms with Gasteiger partial charge in [0.05, 0.1) is 12.0 Å². The Kier molecular flexibility index (Phi) is 4.27. The molecule has 1 aromatic heterocycles. The van der Waals surface area contributed by atoms with Gasteiger partial charge in [-0.05, 0) is 26.7 Å². The fourth-order valence-corrected chi connectivity index (χ4v) is 1.75. The minimum Gasteiger partial charge on any atom is -0.393 e. The van der Waals surface area contributed by atoms with Crippen molar-refractivity contribution in [3.05, 3.63) is 11.7 Å². The second-order valence-corrected chi connectivity index (χ2v) is 5.18. The maximum atomic E-state index is 9.75. The van der Waals surface area contributed by atoms with Crippen LogP contribution in [0.1, 0.15) is 52.3 Å². The van der Waals surface area contributed by atoms with Crippen molar-refractivity contribution < 1.29 is 14.4 Å². The summed E-state index contributed by atoms with van der Waals surface area (Å²) < 4.78 is 10.5. The van der Waals surface area contributed by atoms with E-state index in [9.17, 15) is 5.11 Å². The van der Waals surface area contributed by atoms with Crippen LogP contribution in [0, 0.1) is 5.92 Å². The average molecular weight is 242 g/mol. The van der Waals surface area contributed by atoms with Gasteiger partial charge >= 0.3 is 0 Å². The third-order valence-electron chi connectivity index (χ3n) is 3.01. The lowest BCUT2D eigenvalue weighted by atomic mass is 9.91. The third kappa shape index (κ3) is 3.04. The van der Waals surface area contributed by atoms with Gasteiger partial charge in [-0.1, -0.05) is 19.0 Å². The zero-order valence-corrected chi connectivity index (χ0v) is 11.4. The molecule has 0 spiro atoms. The maximum Gasteiger partial charge on any atom is 0.232 e. The molecule has 5 nitrogen and oxygen atoms in total. The van der Waals surface area contributed by atoms with Gasteiger partial charge in [-0.3, -0.25) is 0 Å². The molecule has 0 saturated heterocycles. The van der Waals surface area contributed by atoms with Gasteiger partial charge in [-0.2, -0.15) is 4.98 Å². The van der Waals surface area contributed by atoms with E-state index in [0.29, 0.717) is 11.7 Å². The zero-order valence-electron chi connectivity index (χ0n) is 11.4. The van der Waals surface area contributed by atoms with Crippen LogP contribution < -0.4 is 0 Å². The van der Waals surface area contributed by atoms with Gasteiger partial charge in [-0.25, -0.2) is 0 Å². The lowest BCUT2D eigenvalue weighted by Gasteiger charge is -2.20. The minimum atomic E-state index is -0.581. The lowest BCUT2D eigenvalue weighted by Crippen LogP contribution is -2.23. The van der Waals surface area contributed by atoms with E-state index in [1.165, 1.54) is 0 Å². The van der Waals surface area contributed by atoms with E-state index in [2.05, 4.69) is 10.1 Å². The number of aliphatic hydroxyl groups excluding tert-OH is 1. The van der Waals surface area contributed by atoms with E-state index in [4.69, 9.17) is 9.26 Å². The molecule has 0 aliphatic rings. The van der Waals surface area contributed by atoms with E-state index in [1.807, 2.05) is 27.7 Å². The number of aromatic nitrogens is 2. The van der Waals surface area contributed by atoms with Gasteiger partial charge < -0.3 is 14.4 Å². The van der Waals surface area contributed by atoms with Crippen molar-refractivity contribution in [1.82, 2.24) is 10.1 Å². The van der Waals surface area contributed by atoms with Crippen LogP contribution in [-0.4, -0.2) is 28.5 Å². The number of ether oxygens (including phenoxy) is 1. The summed E-state index contributed by atoms with van der Waals surface area (Å²) in [6.45, 7) is 9.50. The van der Waals surface area contributed by atoms with Gasteiger partial charge in [0.1, 0.15) is 5.60 Å². The molecule has 0 aromatic carbocycles. The number of methoxy groups -OCH3 is 1. The summed E-state index contributed by atoms with van der Waals surface area (Å²) in [5.41, 5.74) is -0.581. The molecule has 5 heteroatoms. The van der Waals surface area contributed by atoms with E-state index < -0.39 is 11.7 Å². The van der Waals surface area contributed by atoms with E-state index >= 15 is 0 Å². The van der Waals surface area contributed by atoms with Crippen molar-refractivity contribution in [2.75, 3.05) is 7.11 Å². The standard InChI is InChI=1S/C12H22N2O3/c1-7(2)9(8(3)15)10-13-11(14-17-10)12(4,5)16-6/h7-9,15H,1-6H3. The summed E-state index contributed by atoms with van der Waals surface area (Å²) in [5, 5.41) is 13.7. The Morgan fingerprint density at radius 3 is 2.29 bits per heavy atom. The van der Waals surface area contributed by atoms with Crippen LogP contribution >= 0.6 is 0 Å². The molecule has 0 amide bonds. The fraction of sp³-hybridized carbons (Fsp3) is 0.833. The molecule has 0 aliphatic heterocycles. The summed E-state index contributed by atoms with van der Waals surface area (Å²) >= 11 is 0. The minimum absolute atomic E-state index is 0.149. The molecule has 1 N–H and O–H groups in total. The molecule has 2 atom stereocenters. The quantitative estimate of drug-likeness (QED) is 0.856. The Hall–Kier alpha value is -0.940. The van der Waals surface area contributed by atoms with Crippen LogP contribution in [0.5, 0.6) is 0 Å². The first-order chi connectivity index (χ1) is 7.79. The molecule has 1 rings (SSSR count). The van der Waals surface area contributed by atoms with Gasteiger partial charge in [0.2, 0.25) is 11.7 Å². The molecule has 0 bridgehead atoms. The molecule has 0 fully saturated rings. The van der Waals surface area contributed by atoms with Crippen LogP contribution in [-0.2, 0) is 10.3 Å². The topological polar surface area (TPSA) is 68.4 Å². The van der Waals surface area contributed by atoms with Crippen molar-refractivity contribution in [1.29, 1.82) is 0 Å². The first-order valence-electron chi connectivity index (χ1n) is 5.87. The summed E-state index contributed by atoms with van der Waals surface area (Å²) in [5.74, 6) is 1.05. The SMILES string of the molecule is COC(C)(C)c1noc(C(C(C)C)C(C)O)n1. The number of hydrogen-bond donors (Lipinski definition) is 1. The van der Waals surface area contributed by atoms with Gasteiger partial charge in [-0.15, -0.1) is 0 Å². The van der Waals surface area contributed by atoms with Crippen LogP contribution in [0.3, 0.4) is 0 Å². The van der Waals surface area contributed by atoms with Crippen molar-refractivity contribution in [3.8, 4) is 0 Å². The Bertz CT molecular complexity index is 350. The molecule has 2 unspecified atom stereocenters. The molecular formula is C12H22N2O3. The highest BCUT2D eigenvalue weighted by atomic mass is 16.5. The molecule has 1 heterocycles. The Morgan fingerprint density at radius 2 is 1.88 bits per heavy atom. The maximum absolute atomic E-state index is 9.75. The summed E-state index contributed by atoms with van der Waals surface area (Å²) in [6.07, 6.45) is -0.519. The predicted octanol–water partition coefficient (Wildman–Crippen LogP) is 2.07. The van der Waals surface area contributed by atoms with Crippen molar-refractivity contribution in [3.63, 3.8) is 0 Å². The van der Waals surface area contributed by atoms with Crippen molar-refractivity contribution in [2.24, 2.45) is 5.92 Å². The Labute approximate surface area is 102 Å². The second-order valence-electron chi connectivity index (χ2n) is 5.18. The smallest absolute Gasteiger partial charge is 0.232 e. The monoisotopic (exact) mass is 242 g/mol. The summed E-state index contributed by atoms with van der Waals surface area (Å²) in [4.78, 5) is 4.33. The Morgan fingerprint density at radius 1 is 1.29 bits per heavy atom. The predicted molar refractivity (Wildman–Crippen MR) is 63.6 cm³/mol. The van der Waals surface area contributed by atoms with Crippen LogP contribution in [0.4, 0.5) is 0 Å². The first kappa shape index (κ1) is 14.1. The Balaban J connectivity index is 3.01. The van der Waals surface area contributed by atoms with Gasteiger partial charge in [0, 0.05) is 7.11 Å². The molecule has 98 valence electrons. The molecule has 0 saturated carbocycles. The number of rotatable bonds is 5. The van der Waals surface area contributed by atoms with E-state index in [1.54, 1.807) is 14.0 Å². The molecule has 0 aliphatic carbocycles. The fourth-order valence-electron chi connectivity index (χ4n) is 1.75. The molecule has 1 aromatic rings. The highest BCUT2D eigenvalue weighted by Crippen LogP contribution is 2.29. The van der Waals surface area contributed by atoms with Gasteiger partial charge in [0.15, 0.2) is 0 Å². The van der Waals surface area contributed by atoms with Gasteiger partial charge in [0.25, 0.3) is 0 Å². The van der Waals surface area contributed by atoms with Crippen LogP contribution in [0.25, 0.3) is 0 Å². The van der Waals surface area contributed by atoms with Crippen LogP contribution in [0.2, 0.25) is 0 Å². The van der Waals surface area contributed by atoms with E-state index in [-0.39, 0.29) is 11.8 Å². The normalized spacial score (nSPS) is 16.2. The van der Waals surface area contributed by atoms with Crippen LogP contribution in [0.15, 0.2) is 4.52 Å². The number of hydrogen-bond acceptors (Lipinski definition) is 5. The second kappa shape index (κ2) is 5.14. The highest BCUT2D eigenvalue weighted by Gasteiger charge is 2.31. The summed E-state index contributed by atoms with van der Waals surface area (Å²) in [7, 11) is 1.60. The highest BCUT2D eigenvalue weighted by molar-refractivity contribution is 5.02.